The van der Waals surface area contributed by atoms with E-state index < -0.39 is 0 Å². The molecule has 22 heavy (non-hydrogen) atoms. The minimum atomic E-state index is 0.636. The lowest BCUT2D eigenvalue weighted by Crippen LogP contribution is -2.70. The highest BCUT2D eigenvalue weighted by Gasteiger charge is 2.18. The van der Waals surface area contributed by atoms with Crippen LogP contribution in [0.15, 0.2) is 42.6 Å². The number of piperazine rings is 1. The van der Waals surface area contributed by atoms with E-state index in [-0.39, 0.29) is 0 Å². The molecule has 0 unspecified atom stereocenters. The molecule has 1 aromatic heterocycles. The van der Waals surface area contributed by atoms with Gasteiger partial charge in [0.05, 0.1) is 11.6 Å². The monoisotopic (exact) mass is 295 g/mol. The molecule has 3 rings (SSSR count). The molecule has 0 bridgehead atoms. The molecule has 0 aliphatic carbocycles. The Morgan fingerprint density at radius 1 is 1.05 bits per heavy atom. The van der Waals surface area contributed by atoms with Crippen LogP contribution >= 0.6 is 0 Å². The van der Waals surface area contributed by atoms with Crippen molar-refractivity contribution in [2.24, 2.45) is 0 Å². The van der Waals surface area contributed by atoms with E-state index in [4.69, 9.17) is 5.26 Å². The largest absolute Gasteiger partial charge is 0.630 e. The number of nitriles is 1. The minimum absolute atomic E-state index is 0.636. The molecule has 6 heteroatoms. The molecule has 2 N–H and O–H groups in total. The average molecular weight is 295 g/mol. The summed E-state index contributed by atoms with van der Waals surface area (Å²) in [6.07, 6.45) is 1.68. The first kappa shape index (κ1) is 14.3. The maximum Gasteiger partial charge on any atom is 0.129 e. The van der Waals surface area contributed by atoms with Crippen molar-refractivity contribution >= 4 is 17.2 Å². The van der Waals surface area contributed by atoms with E-state index in [1.165, 1.54) is 0 Å². The normalized spacial score (nSPS) is 14.7. The van der Waals surface area contributed by atoms with Gasteiger partial charge in [0.2, 0.25) is 0 Å². The molecule has 112 valence electrons. The summed E-state index contributed by atoms with van der Waals surface area (Å²) in [5.74, 6) is 0.856. The molecule has 1 aliphatic heterocycles. The van der Waals surface area contributed by atoms with Crippen LogP contribution in [0.3, 0.4) is 0 Å². The molecule has 0 spiro atoms. The fourth-order valence-corrected chi connectivity index (χ4v) is 2.62. The molecule has 2 aromatic rings. The first-order valence-electron chi connectivity index (χ1n) is 7.21. The molecule has 1 aromatic carbocycles. The fraction of sp³-hybridized carbons (Fsp3) is 0.250. The minimum Gasteiger partial charge on any atom is -0.630 e. The van der Waals surface area contributed by atoms with Gasteiger partial charge in [-0.3, -0.25) is 0 Å². The Kier molecular flexibility index (Phi) is 4.19. The second-order valence-electron chi connectivity index (χ2n) is 5.20. The van der Waals surface area contributed by atoms with Gasteiger partial charge >= 0.3 is 0 Å². The van der Waals surface area contributed by atoms with Gasteiger partial charge in [0, 0.05) is 50.2 Å². The molecule has 1 saturated heterocycles. The number of hydrogen-bond donors (Lipinski definition) is 1. The zero-order chi connectivity index (χ0) is 15.4. The van der Waals surface area contributed by atoms with E-state index >= 15 is 0 Å². The zero-order valence-corrected chi connectivity index (χ0v) is 12.1. The number of quaternary nitrogens is 1. The lowest BCUT2D eigenvalue weighted by atomic mass is 10.2. The van der Waals surface area contributed by atoms with Crippen LogP contribution in [0, 0.1) is 16.5 Å². The highest BCUT2D eigenvalue weighted by molar-refractivity contribution is 5.53. The lowest BCUT2D eigenvalue weighted by molar-refractivity contribution is -0.497. The molecule has 1 fully saturated rings. The van der Waals surface area contributed by atoms with Crippen molar-refractivity contribution in [1.29, 1.82) is 5.26 Å². The summed E-state index contributed by atoms with van der Waals surface area (Å²) >= 11 is 0. The highest BCUT2D eigenvalue weighted by atomic mass is 16.5. The van der Waals surface area contributed by atoms with Crippen molar-refractivity contribution in [3.63, 3.8) is 0 Å². The molecule has 0 amide bonds. The van der Waals surface area contributed by atoms with Crippen LogP contribution < -0.4 is 15.3 Å². The maximum absolute atomic E-state index is 10.7. The van der Waals surface area contributed by atoms with Crippen molar-refractivity contribution in [2.75, 3.05) is 36.0 Å². The number of aromatic nitrogens is 1. The topological polar surface area (TPSA) is 82.8 Å². The number of anilines is 2. The first-order chi connectivity index (χ1) is 10.8. The van der Waals surface area contributed by atoms with E-state index in [0.29, 0.717) is 11.3 Å². The van der Waals surface area contributed by atoms with Gasteiger partial charge in [-0.25, -0.2) is 4.98 Å². The van der Waals surface area contributed by atoms with Crippen molar-refractivity contribution < 1.29 is 5.48 Å². The van der Waals surface area contributed by atoms with Crippen molar-refractivity contribution in [1.82, 2.24) is 4.98 Å². The average Bonchev–Trinajstić information content (AvgIpc) is 2.62. The van der Waals surface area contributed by atoms with Crippen LogP contribution in [-0.2, 0) is 0 Å². The van der Waals surface area contributed by atoms with Crippen molar-refractivity contribution in [3.05, 3.63) is 53.4 Å². The molecule has 0 radical (unpaired) electrons. The molecule has 0 atom stereocenters. The Balaban J connectivity index is 1.65. The summed E-state index contributed by atoms with van der Waals surface area (Å²) in [5, 5.41) is 19.7. The smallest absolute Gasteiger partial charge is 0.129 e. The summed E-state index contributed by atoms with van der Waals surface area (Å²) in [5.41, 5.74) is 3.32. The Morgan fingerprint density at radius 3 is 2.36 bits per heavy atom. The molecule has 2 heterocycles. The van der Waals surface area contributed by atoms with Gasteiger partial charge in [-0.2, -0.15) is 5.26 Å². The predicted octanol–water partition coefficient (Wildman–Crippen LogP) is 0.973. The van der Waals surface area contributed by atoms with Gasteiger partial charge in [0.15, 0.2) is 0 Å². The van der Waals surface area contributed by atoms with Gasteiger partial charge in [-0.1, -0.05) is 0 Å². The number of pyridine rings is 1. The summed E-state index contributed by atoms with van der Waals surface area (Å²) in [4.78, 5) is 8.83. The first-order valence-corrected chi connectivity index (χ1v) is 7.21. The van der Waals surface area contributed by atoms with Crippen LogP contribution in [0.2, 0.25) is 0 Å². The van der Waals surface area contributed by atoms with Gasteiger partial charge in [0.25, 0.3) is 0 Å². The quantitative estimate of drug-likeness (QED) is 0.674. The number of nitrogens with zero attached hydrogens (tertiary/aromatic N) is 4. The SMILES string of the molecule is N#Cc1ccnc(N2CCN(c3ccc([NH2+][O-])cc3)CC2)c1. The second-order valence-corrected chi connectivity index (χ2v) is 5.20. The van der Waals surface area contributed by atoms with Crippen LogP contribution in [-0.4, -0.2) is 31.2 Å². The van der Waals surface area contributed by atoms with E-state index in [9.17, 15) is 5.21 Å². The van der Waals surface area contributed by atoms with Crippen LogP contribution in [0.4, 0.5) is 17.2 Å². The van der Waals surface area contributed by atoms with Gasteiger partial charge < -0.3 is 20.5 Å². The predicted molar refractivity (Wildman–Crippen MR) is 84.8 cm³/mol. The standard InChI is InChI=1S/C16H17N5O/c17-12-13-5-6-18-16(11-13)21-9-7-20(8-10-21)15-3-1-14(19-22)2-4-15/h1-6,11H,7-10,19H2. The zero-order valence-electron chi connectivity index (χ0n) is 12.1. The van der Waals surface area contributed by atoms with Crippen molar-refractivity contribution in [3.8, 4) is 6.07 Å². The third-order valence-corrected chi connectivity index (χ3v) is 3.87. The van der Waals surface area contributed by atoms with Gasteiger partial charge in [-0.15, -0.1) is 0 Å². The van der Waals surface area contributed by atoms with Crippen LogP contribution in [0.25, 0.3) is 0 Å². The third kappa shape index (κ3) is 3.01. The summed E-state index contributed by atoms with van der Waals surface area (Å²) < 4.78 is 0. The van der Waals surface area contributed by atoms with Crippen LogP contribution in [0.5, 0.6) is 0 Å². The Labute approximate surface area is 129 Å². The summed E-state index contributed by atoms with van der Waals surface area (Å²) in [6.45, 7) is 3.49. The van der Waals surface area contributed by atoms with Crippen molar-refractivity contribution in [2.45, 2.75) is 0 Å². The van der Waals surface area contributed by atoms with Crippen LogP contribution in [0.1, 0.15) is 5.56 Å². The highest BCUT2D eigenvalue weighted by Crippen LogP contribution is 2.20. The number of hydrogen-bond acceptors (Lipinski definition) is 5. The number of rotatable bonds is 3. The van der Waals surface area contributed by atoms with E-state index in [0.717, 1.165) is 43.2 Å². The lowest BCUT2D eigenvalue weighted by Gasteiger charge is -2.36. The second kappa shape index (κ2) is 6.43. The number of benzene rings is 1. The number of nitrogens with two attached hydrogens (primary N) is 1. The van der Waals surface area contributed by atoms with Gasteiger partial charge in [-0.05, 0) is 24.3 Å². The summed E-state index contributed by atoms with van der Waals surface area (Å²) in [6, 6.07) is 13.3. The molecule has 1 aliphatic rings. The Hall–Kier alpha value is -2.62. The fourth-order valence-electron chi connectivity index (χ4n) is 2.62. The van der Waals surface area contributed by atoms with E-state index in [1.54, 1.807) is 12.3 Å². The molecule has 6 nitrogen and oxygen atoms in total. The van der Waals surface area contributed by atoms with Gasteiger partial charge in [0.1, 0.15) is 11.5 Å². The Morgan fingerprint density at radius 2 is 1.73 bits per heavy atom. The molecule has 0 saturated carbocycles. The maximum atomic E-state index is 10.7. The molecular formula is C16H17N5O. The Bertz CT molecular complexity index is 672. The van der Waals surface area contributed by atoms with E-state index in [2.05, 4.69) is 20.9 Å². The summed E-state index contributed by atoms with van der Waals surface area (Å²) in [7, 11) is 0. The third-order valence-electron chi connectivity index (χ3n) is 3.87. The molecular weight excluding hydrogens is 278 g/mol. The van der Waals surface area contributed by atoms with E-state index in [1.807, 2.05) is 30.3 Å².